The van der Waals surface area contributed by atoms with Gasteiger partial charge in [0.2, 0.25) is 0 Å². The number of aryl methyl sites for hydroxylation is 1. The van der Waals surface area contributed by atoms with Crippen LogP contribution in [0, 0.1) is 13.8 Å². The Bertz CT molecular complexity index is 561. The minimum atomic E-state index is -1.79. The summed E-state index contributed by atoms with van der Waals surface area (Å²) in [5.74, 6) is -2.85. The molecule has 0 aliphatic carbocycles. The lowest BCUT2D eigenvalue weighted by Crippen LogP contribution is -2.22. The van der Waals surface area contributed by atoms with Gasteiger partial charge in [-0.2, -0.15) is 0 Å². The molecule has 1 aliphatic heterocycles. The van der Waals surface area contributed by atoms with Crippen LogP contribution < -0.4 is 0 Å². The first-order valence-corrected chi connectivity index (χ1v) is 7.48. The van der Waals surface area contributed by atoms with E-state index in [2.05, 4.69) is 30.8 Å². The molecule has 1 saturated heterocycles. The third kappa shape index (κ3) is 5.61. The van der Waals surface area contributed by atoms with E-state index in [0.29, 0.717) is 6.04 Å². The Balaban J connectivity index is 0.000000257. The Morgan fingerprint density at radius 3 is 2.43 bits per heavy atom. The number of aliphatic hydroxyl groups excluding tert-OH is 1. The largest absolute Gasteiger partial charge is 0.481 e. The van der Waals surface area contributed by atoms with Gasteiger partial charge < -0.3 is 15.3 Å². The number of carboxylic acid groups (broad SMARTS) is 2. The molecule has 0 aromatic carbocycles. The van der Waals surface area contributed by atoms with Crippen LogP contribution in [0.1, 0.15) is 42.0 Å². The maximum Gasteiger partial charge on any atom is 0.333 e. The van der Waals surface area contributed by atoms with Gasteiger partial charge in [0.1, 0.15) is 0 Å². The van der Waals surface area contributed by atoms with Crippen molar-refractivity contribution in [3.63, 3.8) is 0 Å². The van der Waals surface area contributed by atoms with E-state index in [1.807, 2.05) is 12.4 Å². The number of carboxylic acids is 2. The van der Waals surface area contributed by atoms with E-state index >= 15 is 0 Å². The van der Waals surface area contributed by atoms with Crippen LogP contribution in [0.3, 0.4) is 0 Å². The van der Waals surface area contributed by atoms with Crippen LogP contribution in [0.15, 0.2) is 12.4 Å². The fraction of sp³-hybridized carbons (Fsp3) is 0.562. The lowest BCUT2D eigenvalue weighted by molar-refractivity contribution is -0.152. The molecule has 2 heterocycles. The van der Waals surface area contributed by atoms with Gasteiger partial charge in [-0.3, -0.25) is 14.7 Å². The van der Waals surface area contributed by atoms with E-state index < -0.39 is 24.5 Å². The molecule has 0 saturated carbocycles. The zero-order valence-electron chi connectivity index (χ0n) is 13.7. The Morgan fingerprint density at radius 2 is 2.00 bits per heavy atom. The second kappa shape index (κ2) is 8.59. The van der Waals surface area contributed by atoms with E-state index in [9.17, 15) is 9.59 Å². The third-order valence-corrected chi connectivity index (χ3v) is 4.04. The maximum absolute atomic E-state index is 9.72. The van der Waals surface area contributed by atoms with E-state index in [4.69, 9.17) is 15.3 Å². The molecule has 1 fully saturated rings. The number of pyridine rings is 1. The van der Waals surface area contributed by atoms with Crippen LogP contribution in [-0.2, 0) is 9.59 Å². The van der Waals surface area contributed by atoms with Crippen LogP contribution >= 0.6 is 0 Å². The maximum atomic E-state index is 9.72. The highest BCUT2D eigenvalue weighted by Gasteiger charge is 2.24. The Hall–Kier alpha value is -1.99. The van der Waals surface area contributed by atoms with Crippen molar-refractivity contribution >= 4 is 11.9 Å². The molecule has 1 aromatic heterocycles. The number of likely N-dealkylation sites (tertiary alicyclic amines) is 1. The van der Waals surface area contributed by atoms with Gasteiger partial charge in [0, 0.05) is 18.4 Å². The molecule has 2 atom stereocenters. The summed E-state index contributed by atoms with van der Waals surface area (Å²) in [5.41, 5.74) is 4.14. The van der Waals surface area contributed by atoms with Crippen molar-refractivity contribution in [1.82, 2.24) is 9.88 Å². The molecule has 3 N–H and O–H groups in total. The fourth-order valence-corrected chi connectivity index (χ4v) is 2.54. The zero-order chi connectivity index (χ0) is 17.6. The van der Waals surface area contributed by atoms with Crippen molar-refractivity contribution in [3.05, 3.63) is 29.1 Å². The molecule has 0 radical (unpaired) electrons. The highest BCUT2D eigenvalue weighted by molar-refractivity contribution is 5.79. The molecule has 0 unspecified atom stereocenters. The van der Waals surface area contributed by atoms with Crippen molar-refractivity contribution < 1.29 is 24.9 Å². The van der Waals surface area contributed by atoms with Crippen LogP contribution in [0.25, 0.3) is 0 Å². The summed E-state index contributed by atoms with van der Waals surface area (Å²) in [6.45, 7) is 5.57. The first-order valence-electron chi connectivity index (χ1n) is 7.48. The summed E-state index contributed by atoms with van der Waals surface area (Å²) in [6.07, 6.45) is 4.04. The number of hydrogen-bond donors (Lipinski definition) is 3. The standard InChI is InChI=1S/C12H18N2.C4H6O5/c1-9-7-13-8-11(10(9)2)12-5-4-6-14(12)3;5-2(4(8)9)1-3(6)7/h7-8,12H,4-6H2,1-3H3;2,5H,1H2,(H,6,7)(H,8,9)/t12-;2-/m00/s1. The normalized spacial score (nSPS) is 18.9. The van der Waals surface area contributed by atoms with E-state index in [0.717, 1.165) is 0 Å². The van der Waals surface area contributed by atoms with E-state index in [1.54, 1.807) is 0 Å². The number of aliphatic carboxylic acids is 2. The van der Waals surface area contributed by atoms with Gasteiger partial charge in [-0.05, 0) is 57.0 Å². The molecule has 0 bridgehead atoms. The summed E-state index contributed by atoms with van der Waals surface area (Å²) in [4.78, 5) is 26.1. The summed E-state index contributed by atoms with van der Waals surface area (Å²) in [6, 6.07) is 0.599. The van der Waals surface area contributed by atoms with E-state index in [-0.39, 0.29) is 0 Å². The highest BCUT2D eigenvalue weighted by atomic mass is 16.4. The molecular formula is C16H24N2O5. The molecule has 23 heavy (non-hydrogen) atoms. The highest BCUT2D eigenvalue weighted by Crippen LogP contribution is 2.32. The summed E-state index contributed by atoms with van der Waals surface area (Å²) in [5, 5.41) is 24.1. The average Bonchev–Trinajstić information content (AvgIpc) is 2.88. The number of rotatable bonds is 4. The van der Waals surface area contributed by atoms with Crippen LogP contribution in [-0.4, -0.2) is 56.8 Å². The third-order valence-electron chi connectivity index (χ3n) is 4.04. The van der Waals surface area contributed by atoms with Crippen molar-refractivity contribution in [2.75, 3.05) is 13.6 Å². The fourth-order valence-electron chi connectivity index (χ4n) is 2.54. The first kappa shape index (κ1) is 19.1. The number of aliphatic hydroxyl groups is 1. The van der Waals surface area contributed by atoms with Crippen molar-refractivity contribution in [3.8, 4) is 0 Å². The Kier molecular flexibility index (Phi) is 7.12. The number of carbonyl (C=O) groups is 2. The predicted molar refractivity (Wildman–Crippen MR) is 84.2 cm³/mol. The lowest BCUT2D eigenvalue weighted by Gasteiger charge is -2.21. The van der Waals surface area contributed by atoms with Gasteiger partial charge in [0.25, 0.3) is 0 Å². The molecule has 7 heteroatoms. The second-order valence-corrected chi connectivity index (χ2v) is 5.76. The smallest absolute Gasteiger partial charge is 0.333 e. The molecular weight excluding hydrogens is 300 g/mol. The second-order valence-electron chi connectivity index (χ2n) is 5.76. The molecule has 128 valence electrons. The first-order chi connectivity index (χ1) is 10.7. The summed E-state index contributed by atoms with van der Waals surface area (Å²) >= 11 is 0. The monoisotopic (exact) mass is 324 g/mol. The molecule has 2 rings (SSSR count). The van der Waals surface area contributed by atoms with Gasteiger partial charge >= 0.3 is 11.9 Å². The molecule has 1 aliphatic rings. The van der Waals surface area contributed by atoms with Gasteiger partial charge in [0.15, 0.2) is 6.10 Å². The minimum Gasteiger partial charge on any atom is -0.481 e. The van der Waals surface area contributed by atoms with Crippen molar-refractivity contribution in [1.29, 1.82) is 0 Å². The molecule has 0 amide bonds. The molecule has 1 aromatic rings. The Labute approximate surface area is 135 Å². The summed E-state index contributed by atoms with van der Waals surface area (Å²) < 4.78 is 0. The minimum absolute atomic E-state index is 0.599. The quantitative estimate of drug-likeness (QED) is 0.767. The van der Waals surface area contributed by atoms with Gasteiger partial charge in [-0.15, -0.1) is 0 Å². The lowest BCUT2D eigenvalue weighted by atomic mass is 9.99. The summed E-state index contributed by atoms with van der Waals surface area (Å²) in [7, 11) is 2.21. The topological polar surface area (TPSA) is 111 Å². The zero-order valence-corrected chi connectivity index (χ0v) is 13.7. The van der Waals surface area contributed by atoms with Crippen molar-refractivity contribution in [2.24, 2.45) is 0 Å². The van der Waals surface area contributed by atoms with Gasteiger partial charge in [-0.25, -0.2) is 4.79 Å². The molecule has 0 spiro atoms. The molecule has 7 nitrogen and oxygen atoms in total. The van der Waals surface area contributed by atoms with Crippen LogP contribution in [0.5, 0.6) is 0 Å². The van der Waals surface area contributed by atoms with Crippen LogP contribution in [0.2, 0.25) is 0 Å². The van der Waals surface area contributed by atoms with Crippen LogP contribution in [0.4, 0.5) is 0 Å². The predicted octanol–water partition coefficient (Wildman–Crippen LogP) is 1.37. The van der Waals surface area contributed by atoms with Gasteiger partial charge in [-0.1, -0.05) is 0 Å². The Morgan fingerprint density at radius 1 is 1.35 bits per heavy atom. The average molecular weight is 324 g/mol. The number of aromatic nitrogens is 1. The number of nitrogens with zero attached hydrogens (tertiary/aromatic N) is 2. The van der Waals surface area contributed by atoms with Crippen molar-refractivity contribution in [2.45, 2.75) is 45.3 Å². The van der Waals surface area contributed by atoms with E-state index in [1.165, 1.54) is 36.1 Å². The van der Waals surface area contributed by atoms with Gasteiger partial charge in [0.05, 0.1) is 6.42 Å². The number of hydrogen-bond acceptors (Lipinski definition) is 5. The SMILES string of the molecule is Cc1cncc([C@@H]2CCCN2C)c1C.O=C(O)C[C@H](O)C(=O)O.